The van der Waals surface area contributed by atoms with E-state index in [2.05, 4.69) is 0 Å². The summed E-state index contributed by atoms with van der Waals surface area (Å²) in [5, 5.41) is 0. The van der Waals surface area contributed by atoms with Crippen LogP contribution in [0.2, 0.25) is 0 Å². The first-order valence-corrected chi connectivity index (χ1v) is 5.74. The van der Waals surface area contributed by atoms with Crippen molar-refractivity contribution in [3.8, 4) is 0 Å². The van der Waals surface area contributed by atoms with E-state index in [0.29, 0.717) is 5.92 Å². The highest BCUT2D eigenvalue weighted by Gasteiger charge is 2.40. The maximum atomic E-state index is 12.0. The van der Waals surface area contributed by atoms with Crippen molar-refractivity contribution >= 4 is 11.6 Å². The zero-order chi connectivity index (χ0) is 10.1. The summed E-state index contributed by atoms with van der Waals surface area (Å²) >= 11 is 0. The van der Waals surface area contributed by atoms with Crippen molar-refractivity contribution in [2.75, 3.05) is 0 Å². The first kappa shape index (κ1) is 9.88. The van der Waals surface area contributed by atoms with Crippen LogP contribution in [0.25, 0.3) is 0 Å². The quantitative estimate of drug-likeness (QED) is 0.600. The van der Waals surface area contributed by atoms with E-state index >= 15 is 0 Å². The summed E-state index contributed by atoms with van der Waals surface area (Å²) in [6.45, 7) is 1.56. The van der Waals surface area contributed by atoms with Crippen LogP contribution in [0.3, 0.4) is 0 Å². The Balaban J connectivity index is 2.10. The second kappa shape index (κ2) is 3.84. The van der Waals surface area contributed by atoms with Crippen LogP contribution < -0.4 is 0 Å². The second-order valence-corrected chi connectivity index (χ2v) is 4.79. The first-order valence-electron chi connectivity index (χ1n) is 5.74. The number of hydrogen-bond acceptors (Lipinski definition) is 2. The Labute approximate surface area is 85.1 Å². The van der Waals surface area contributed by atoms with Crippen molar-refractivity contribution in [2.45, 2.75) is 45.4 Å². The van der Waals surface area contributed by atoms with E-state index in [1.165, 1.54) is 19.3 Å². The highest BCUT2D eigenvalue weighted by atomic mass is 16.1. The molecule has 0 spiro atoms. The Bertz CT molecular complexity index is 257. The molecule has 2 fully saturated rings. The van der Waals surface area contributed by atoms with E-state index in [1.54, 1.807) is 6.92 Å². The van der Waals surface area contributed by atoms with Gasteiger partial charge >= 0.3 is 0 Å². The fraction of sp³-hybridized carbons (Fsp3) is 0.833. The van der Waals surface area contributed by atoms with Gasteiger partial charge in [-0.25, -0.2) is 0 Å². The summed E-state index contributed by atoms with van der Waals surface area (Å²) < 4.78 is 0. The van der Waals surface area contributed by atoms with Gasteiger partial charge in [0.05, 0.1) is 5.92 Å². The number of Topliss-reactive ketones (excluding diaryl/α,β-unsaturated/α-hetero) is 2. The van der Waals surface area contributed by atoms with Gasteiger partial charge in [0.1, 0.15) is 11.6 Å². The fourth-order valence-electron chi connectivity index (χ4n) is 3.11. The highest BCUT2D eigenvalue weighted by molar-refractivity contribution is 6.02. The summed E-state index contributed by atoms with van der Waals surface area (Å²) in [6, 6.07) is 0. The molecule has 2 aliphatic rings. The van der Waals surface area contributed by atoms with Crippen LogP contribution in [0.4, 0.5) is 0 Å². The van der Waals surface area contributed by atoms with Crippen LogP contribution >= 0.6 is 0 Å². The Kier molecular flexibility index (Phi) is 2.71. The van der Waals surface area contributed by atoms with Gasteiger partial charge in [-0.05, 0) is 38.5 Å². The lowest BCUT2D eigenvalue weighted by molar-refractivity contribution is -0.139. The predicted molar refractivity (Wildman–Crippen MR) is 53.9 cm³/mol. The monoisotopic (exact) mass is 194 g/mol. The summed E-state index contributed by atoms with van der Waals surface area (Å²) in [6.07, 6.45) is 6.61. The predicted octanol–water partition coefficient (Wildman–Crippen LogP) is 2.36. The molecule has 3 atom stereocenters. The van der Waals surface area contributed by atoms with Crippen molar-refractivity contribution in [3.05, 3.63) is 0 Å². The normalized spacial score (nSPS) is 37.8. The largest absolute Gasteiger partial charge is 0.299 e. The van der Waals surface area contributed by atoms with Crippen LogP contribution in [0, 0.1) is 17.8 Å². The summed E-state index contributed by atoms with van der Waals surface area (Å²) in [5.41, 5.74) is 0. The van der Waals surface area contributed by atoms with E-state index in [9.17, 15) is 9.59 Å². The number of hydrogen-bond donors (Lipinski definition) is 0. The number of rotatable bonds is 1. The SMILES string of the molecule is CC(=O)C1CC[C@@H]2CCCC[C@H]2C1=O. The van der Waals surface area contributed by atoms with Gasteiger partial charge in [-0.1, -0.05) is 12.8 Å². The number of fused-ring (bicyclic) bond motifs is 1. The first-order chi connectivity index (χ1) is 6.70. The van der Waals surface area contributed by atoms with E-state index in [0.717, 1.165) is 19.3 Å². The molecule has 0 N–H and O–H groups in total. The number of carbonyl (C=O) groups excluding carboxylic acids is 2. The molecule has 2 aliphatic carbocycles. The number of carbonyl (C=O) groups is 2. The van der Waals surface area contributed by atoms with E-state index < -0.39 is 0 Å². The Morgan fingerprint density at radius 2 is 1.86 bits per heavy atom. The second-order valence-electron chi connectivity index (χ2n) is 4.79. The molecule has 2 nitrogen and oxygen atoms in total. The van der Waals surface area contributed by atoms with Gasteiger partial charge in [-0.2, -0.15) is 0 Å². The zero-order valence-corrected chi connectivity index (χ0v) is 8.79. The zero-order valence-electron chi connectivity index (χ0n) is 8.79. The molecule has 0 aliphatic heterocycles. The molecule has 0 aromatic heterocycles. The van der Waals surface area contributed by atoms with E-state index in [1.807, 2.05) is 0 Å². The summed E-state index contributed by atoms with van der Waals surface area (Å²) in [4.78, 5) is 23.2. The van der Waals surface area contributed by atoms with Crippen molar-refractivity contribution in [1.82, 2.24) is 0 Å². The van der Waals surface area contributed by atoms with Crippen molar-refractivity contribution < 1.29 is 9.59 Å². The highest BCUT2D eigenvalue weighted by Crippen LogP contribution is 2.40. The Morgan fingerprint density at radius 3 is 2.57 bits per heavy atom. The van der Waals surface area contributed by atoms with E-state index in [4.69, 9.17) is 0 Å². The maximum Gasteiger partial charge on any atom is 0.146 e. The molecule has 0 heterocycles. The molecule has 2 saturated carbocycles. The summed E-state index contributed by atoms with van der Waals surface area (Å²) in [5.74, 6) is 0.917. The lowest BCUT2D eigenvalue weighted by atomic mass is 9.66. The summed E-state index contributed by atoms with van der Waals surface area (Å²) in [7, 11) is 0. The molecule has 0 aromatic rings. The lowest BCUT2D eigenvalue weighted by Crippen LogP contribution is -2.39. The third-order valence-corrected chi connectivity index (χ3v) is 3.93. The van der Waals surface area contributed by atoms with E-state index in [-0.39, 0.29) is 23.4 Å². The molecule has 0 amide bonds. The molecule has 1 unspecified atom stereocenters. The van der Waals surface area contributed by atoms with Crippen LogP contribution in [-0.2, 0) is 9.59 Å². The van der Waals surface area contributed by atoms with Gasteiger partial charge in [0.25, 0.3) is 0 Å². The minimum Gasteiger partial charge on any atom is -0.299 e. The molecular weight excluding hydrogens is 176 g/mol. The average Bonchev–Trinajstić information content (AvgIpc) is 2.18. The van der Waals surface area contributed by atoms with Gasteiger partial charge in [0.2, 0.25) is 0 Å². The Morgan fingerprint density at radius 1 is 1.14 bits per heavy atom. The molecule has 2 rings (SSSR count). The molecular formula is C12H18O2. The van der Waals surface area contributed by atoms with Gasteiger partial charge in [0, 0.05) is 5.92 Å². The van der Waals surface area contributed by atoms with Crippen LogP contribution in [0.5, 0.6) is 0 Å². The van der Waals surface area contributed by atoms with Crippen molar-refractivity contribution in [1.29, 1.82) is 0 Å². The lowest BCUT2D eigenvalue weighted by Gasteiger charge is -2.37. The maximum absolute atomic E-state index is 12.0. The minimum absolute atomic E-state index is 0.0824. The van der Waals surface area contributed by atoms with Crippen LogP contribution in [0.15, 0.2) is 0 Å². The Hall–Kier alpha value is -0.660. The smallest absolute Gasteiger partial charge is 0.146 e. The fourth-order valence-corrected chi connectivity index (χ4v) is 3.11. The molecule has 0 aromatic carbocycles. The minimum atomic E-state index is -0.255. The molecule has 14 heavy (non-hydrogen) atoms. The van der Waals surface area contributed by atoms with Crippen LogP contribution in [0.1, 0.15) is 45.4 Å². The molecule has 78 valence electrons. The van der Waals surface area contributed by atoms with Gasteiger partial charge in [0.15, 0.2) is 0 Å². The third-order valence-electron chi connectivity index (χ3n) is 3.93. The molecule has 0 saturated heterocycles. The molecule has 0 radical (unpaired) electrons. The third kappa shape index (κ3) is 1.62. The topological polar surface area (TPSA) is 34.1 Å². The number of ketones is 2. The molecule has 2 heteroatoms. The van der Waals surface area contributed by atoms with Gasteiger partial charge < -0.3 is 0 Å². The average molecular weight is 194 g/mol. The van der Waals surface area contributed by atoms with Crippen LogP contribution in [-0.4, -0.2) is 11.6 Å². The van der Waals surface area contributed by atoms with Crippen molar-refractivity contribution in [2.24, 2.45) is 17.8 Å². The van der Waals surface area contributed by atoms with Gasteiger partial charge in [-0.15, -0.1) is 0 Å². The standard InChI is InChI=1S/C12H18O2/c1-8(13)10-7-6-9-4-2-3-5-11(9)12(10)14/h9-11H,2-7H2,1H3/t9-,10?,11+/m0/s1. The van der Waals surface area contributed by atoms with Crippen molar-refractivity contribution in [3.63, 3.8) is 0 Å². The molecule has 0 bridgehead atoms. The van der Waals surface area contributed by atoms with Gasteiger partial charge in [-0.3, -0.25) is 9.59 Å².